The standard InChI is InChI=1S/C21H28O6/c1-5-6-7-8-9-15-10-11-17(20(14-22)26-15)27-16-12-18(23-2)21(25-4)19(13-16)24-3/h10-13,15,17,20,22H,5-7,14H2,1-4H3. The van der Waals surface area contributed by atoms with Crippen LogP contribution >= 0.6 is 0 Å². The summed E-state index contributed by atoms with van der Waals surface area (Å²) in [5, 5.41) is 9.69. The number of benzene rings is 1. The number of rotatable bonds is 8. The van der Waals surface area contributed by atoms with E-state index >= 15 is 0 Å². The van der Waals surface area contributed by atoms with Gasteiger partial charge in [-0.05, 0) is 18.6 Å². The third kappa shape index (κ3) is 5.56. The minimum absolute atomic E-state index is 0.174. The molecule has 1 N–H and O–H groups in total. The Hall–Kier alpha value is -2.36. The molecule has 1 heterocycles. The molecule has 3 atom stereocenters. The number of unbranched alkanes of at least 4 members (excludes halogenated alkanes) is 2. The molecule has 0 aromatic heterocycles. The highest BCUT2D eigenvalue weighted by Crippen LogP contribution is 2.41. The van der Waals surface area contributed by atoms with Gasteiger partial charge in [0.25, 0.3) is 0 Å². The molecule has 2 rings (SSSR count). The Bertz CT molecular complexity index is 663. The highest BCUT2D eigenvalue weighted by Gasteiger charge is 2.28. The molecule has 0 amide bonds. The molecule has 27 heavy (non-hydrogen) atoms. The smallest absolute Gasteiger partial charge is 0.203 e. The summed E-state index contributed by atoms with van der Waals surface area (Å²) in [7, 11) is 4.63. The van der Waals surface area contributed by atoms with Gasteiger partial charge in [-0.2, -0.15) is 0 Å². The van der Waals surface area contributed by atoms with Crippen LogP contribution in [0.15, 0.2) is 24.3 Å². The van der Waals surface area contributed by atoms with Gasteiger partial charge in [-0.3, -0.25) is 0 Å². The number of hydrogen-bond acceptors (Lipinski definition) is 6. The van der Waals surface area contributed by atoms with Crippen LogP contribution in [0.4, 0.5) is 0 Å². The van der Waals surface area contributed by atoms with Crippen molar-refractivity contribution in [3.05, 3.63) is 24.3 Å². The van der Waals surface area contributed by atoms with Gasteiger partial charge in [-0.15, -0.1) is 5.92 Å². The van der Waals surface area contributed by atoms with Gasteiger partial charge in [0.2, 0.25) is 5.75 Å². The maximum atomic E-state index is 9.69. The van der Waals surface area contributed by atoms with E-state index < -0.39 is 12.2 Å². The molecule has 0 fully saturated rings. The number of ether oxygens (including phenoxy) is 5. The van der Waals surface area contributed by atoms with Crippen LogP contribution in [0.1, 0.15) is 26.2 Å². The summed E-state index contributed by atoms with van der Waals surface area (Å²) >= 11 is 0. The van der Waals surface area contributed by atoms with Crippen molar-refractivity contribution < 1.29 is 28.8 Å². The molecular formula is C21H28O6. The molecule has 0 radical (unpaired) electrons. The Labute approximate surface area is 161 Å². The van der Waals surface area contributed by atoms with Crippen LogP contribution in [0.3, 0.4) is 0 Å². The summed E-state index contributed by atoms with van der Waals surface area (Å²) < 4.78 is 27.8. The quantitative estimate of drug-likeness (QED) is 0.427. The predicted octanol–water partition coefficient (Wildman–Crippen LogP) is 2.97. The van der Waals surface area contributed by atoms with Gasteiger partial charge in [0.05, 0.1) is 27.9 Å². The monoisotopic (exact) mass is 376 g/mol. The molecule has 3 unspecified atom stereocenters. The topological polar surface area (TPSA) is 66.4 Å². The maximum absolute atomic E-state index is 9.69. The molecule has 1 aromatic rings. The second kappa shape index (κ2) is 10.7. The van der Waals surface area contributed by atoms with Gasteiger partial charge in [-0.1, -0.05) is 19.3 Å². The zero-order chi connectivity index (χ0) is 19.6. The molecule has 6 heteroatoms. The molecule has 6 nitrogen and oxygen atoms in total. The summed E-state index contributed by atoms with van der Waals surface area (Å²) in [5.41, 5.74) is 0. The Morgan fingerprint density at radius 1 is 1.07 bits per heavy atom. The number of aliphatic hydroxyl groups excluding tert-OH is 1. The van der Waals surface area contributed by atoms with E-state index in [1.807, 2.05) is 12.2 Å². The third-order valence-corrected chi connectivity index (χ3v) is 4.15. The van der Waals surface area contributed by atoms with Gasteiger partial charge in [0.15, 0.2) is 11.5 Å². The van der Waals surface area contributed by atoms with Gasteiger partial charge >= 0.3 is 0 Å². The van der Waals surface area contributed by atoms with E-state index in [-0.39, 0.29) is 12.7 Å². The van der Waals surface area contributed by atoms with E-state index in [0.717, 1.165) is 19.3 Å². The fraction of sp³-hybridized carbons (Fsp3) is 0.524. The van der Waals surface area contributed by atoms with Crippen molar-refractivity contribution in [1.29, 1.82) is 0 Å². The average molecular weight is 376 g/mol. The average Bonchev–Trinajstić information content (AvgIpc) is 2.71. The number of aliphatic hydroxyl groups is 1. The first-order chi connectivity index (χ1) is 13.2. The summed E-state index contributed by atoms with van der Waals surface area (Å²) in [6, 6.07) is 3.42. The van der Waals surface area contributed by atoms with Crippen LogP contribution in [0.25, 0.3) is 0 Å². The van der Waals surface area contributed by atoms with Crippen molar-refractivity contribution in [2.24, 2.45) is 0 Å². The number of methoxy groups -OCH3 is 3. The second-order valence-corrected chi connectivity index (χ2v) is 6.03. The predicted molar refractivity (Wildman–Crippen MR) is 103 cm³/mol. The maximum Gasteiger partial charge on any atom is 0.203 e. The zero-order valence-electron chi connectivity index (χ0n) is 16.4. The molecule has 0 bridgehead atoms. The van der Waals surface area contributed by atoms with Gasteiger partial charge < -0.3 is 28.8 Å². The van der Waals surface area contributed by atoms with Gasteiger partial charge in [0.1, 0.15) is 24.1 Å². The largest absolute Gasteiger partial charge is 0.493 e. The molecule has 0 spiro atoms. The second-order valence-electron chi connectivity index (χ2n) is 6.03. The first kappa shape index (κ1) is 20.9. The fourth-order valence-electron chi connectivity index (χ4n) is 2.71. The molecule has 0 saturated carbocycles. The van der Waals surface area contributed by atoms with E-state index in [1.165, 1.54) is 0 Å². The van der Waals surface area contributed by atoms with Crippen LogP contribution in [0.2, 0.25) is 0 Å². The third-order valence-electron chi connectivity index (χ3n) is 4.15. The molecule has 1 aliphatic rings. The van der Waals surface area contributed by atoms with Crippen LogP contribution in [0.5, 0.6) is 23.0 Å². The first-order valence-electron chi connectivity index (χ1n) is 9.06. The lowest BCUT2D eigenvalue weighted by Crippen LogP contribution is -2.40. The van der Waals surface area contributed by atoms with Gasteiger partial charge in [0, 0.05) is 18.6 Å². The minimum atomic E-state index is -0.514. The van der Waals surface area contributed by atoms with Gasteiger partial charge in [-0.25, -0.2) is 0 Å². The lowest BCUT2D eigenvalue weighted by atomic mass is 10.1. The van der Waals surface area contributed by atoms with Crippen LogP contribution in [0, 0.1) is 11.8 Å². The van der Waals surface area contributed by atoms with Crippen molar-refractivity contribution >= 4 is 0 Å². The van der Waals surface area contributed by atoms with E-state index in [1.54, 1.807) is 33.5 Å². The normalized spacial score (nSPS) is 21.1. The summed E-state index contributed by atoms with van der Waals surface area (Å²) in [4.78, 5) is 0. The minimum Gasteiger partial charge on any atom is -0.493 e. The van der Waals surface area contributed by atoms with E-state index in [9.17, 15) is 5.11 Å². The van der Waals surface area contributed by atoms with Crippen molar-refractivity contribution in [3.8, 4) is 34.8 Å². The number of hydrogen-bond donors (Lipinski definition) is 1. The fourth-order valence-corrected chi connectivity index (χ4v) is 2.71. The molecule has 148 valence electrons. The van der Waals surface area contributed by atoms with E-state index in [0.29, 0.717) is 23.0 Å². The molecule has 1 aliphatic heterocycles. The van der Waals surface area contributed by atoms with Crippen LogP contribution < -0.4 is 18.9 Å². The molecule has 0 aliphatic carbocycles. The molecule has 0 saturated heterocycles. The van der Waals surface area contributed by atoms with Crippen molar-refractivity contribution in [2.45, 2.75) is 44.5 Å². The summed E-state index contributed by atoms with van der Waals surface area (Å²) in [5.74, 6) is 8.19. The van der Waals surface area contributed by atoms with E-state index in [4.69, 9.17) is 23.7 Å². The molecular weight excluding hydrogens is 348 g/mol. The zero-order valence-corrected chi connectivity index (χ0v) is 16.4. The Kier molecular flexibility index (Phi) is 8.31. The van der Waals surface area contributed by atoms with Crippen molar-refractivity contribution in [2.75, 3.05) is 27.9 Å². The van der Waals surface area contributed by atoms with Crippen molar-refractivity contribution in [3.63, 3.8) is 0 Å². The highest BCUT2D eigenvalue weighted by atomic mass is 16.6. The van der Waals surface area contributed by atoms with Crippen LogP contribution in [-0.2, 0) is 4.74 Å². The van der Waals surface area contributed by atoms with E-state index in [2.05, 4.69) is 18.8 Å². The summed E-state index contributed by atoms with van der Waals surface area (Å²) in [6.07, 6.45) is 5.45. The SMILES string of the molecule is CCCCC#CC1C=CC(Oc2cc(OC)c(OC)c(OC)c2)C(CO)O1. The van der Waals surface area contributed by atoms with Crippen LogP contribution in [-0.4, -0.2) is 51.4 Å². The van der Waals surface area contributed by atoms with Crippen molar-refractivity contribution in [1.82, 2.24) is 0 Å². The lowest BCUT2D eigenvalue weighted by Gasteiger charge is -2.30. The molecule has 1 aromatic carbocycles. The lowest BCUT2D eigenvalue weighted by molar-refractivity contribution is -0.0550. The highest BCUT2D eigenvalue weighted by molar-refractivity contribution is 5.56. The first-order valence-corrected chi connectivity index (χ1v) is 9.06. The Balaban J connectivity index is 2.15. The summed E-state index contributed by atoms with van der Waals surface area (Å²) in [6.45, 7) is 1.96. The Morgan fingerprint density at radius 2 is 1.78 bits per heavy atom. The Morgan fingerprint density at radius 3 is 2.33 bits per heavy atom.